The van der Waals surface area contributed by atoms with E-state index in [0.29, 0.717) is 18.1 Å². The van der Waals surface area contributed by atoms with Crippen LogP contribution in [0.15, 0.2) is 41.0 Å². The number of hydrogen-bond donors (Lipinski definition) is 3. The molecular formula is C19H25F3N4S. The molecule has 1 heterocycles. The van der Waals surface area contributed by atoms with Gasteiger partial charge < -0.3 is 16.4 Å². The Morgan fingerprint density at radius 1 is 1.41 bits per heavy atom. The Balaban J connectivity index is 1.83. The normalized spacial score (nSPS) is 24.4. The Labute approximate surface area is 161 Å². The van der Waals surface area contributed by atoms with Crippen molar-refractivity contribution in [2.24, 2.45) is 16.6 Å². The fourth-order valence-corrected chi connectivity index (χ4v) is 4.26. The topological polar surface area (TPSA) is 62.4 Å². The number of nitrogens with zero attached hydrogens (tertiary/aromatic N) is 1. The first-order chi connectivity index (χ1) is 12.7. The van der Waals surface area contributed by atoms with E-state index in [1.807, 2.05) is 36.0 Å². The highest BCUT2D eigenvalue weighted by atomic mass is 32.2. The maximum absolute atomic E-state index is 13.4. The molecule has 1 aromatic carbocycles. The lowest BCUT2D eigenvalue weighted by Crippen LogP contribution is -2.57. The molecule has 27 heavy (non-hydrogen) atoms. The summed E-state index contributed by atoms with van der Waals surface area (Å²) >= 11 is 1.83. The monoisotopic (exact) mass is 398 g/mol. The van der Waals surface area contributed by atoms with Gasteiger partial charge in [0, 0.05) is 23.1 Å². The summed E-state index contributed by atoms with van der Waals surface area (Å²) in [6.45, 7) is 4.24. The van der Waals surface area contributed by atoms with Gasteiger partial charge in [0.1, 0.15) is 5.66 Å². The Bertz CT molecular complexity index is 743. The number of hydrogen-bond acceptors (Lipinski definition) is 5. The van der Waals surface area contributed by atoms with Crippen molar-refractivity contribution in [3.8, 4) is 0 Å². The van der Waals surface area contributed by atoms with Crippen LogP contribution in [-0.2, 0) is 0 Å². The van der Waals surface area contributed by atoms with Crippen LogP contribution in [0.2, 0.25) is 0 Å². The summed E-state index contributed by atoms with van der Waals surface area (Å²) in [7, 11) is 0. The number of nitrogens with two attached hydrogens (primary N) is 1. The molecule has 1 aromatic rings. The molecule has 1 saturated carbocycles. The van der Waals surface area contributed by atoms with Gasteiger partial charge >= 0.3 is 6.18 Å². The van der Waals surface area contributed by atoms with Crippen LogP contribution in [0, 0.1) is 5.92 Å². The molecule has 4 nitrogen and oxygen atoms in total. The molecule has 0 radical (unpaired) electrons. The van der Waals surface area contributed by atoms with Crippen molar-refractivity contribution in [2.75, 3.05) is 11.1 Å². The predicted molar refractivity (Wildman–Crippen MR) is 106 cm³/mol. The van der Waals surface area contributed by atoms with E-state index in [0.717, 1.165) is 29.6 Å². The van der Waals surface area contributed by atoms with Crippen molar-refractivity contribution < 1.29 is 13.2 Å². The summed E-state index contributed by atoms with van der Waals surface area (Å²) < 4.78 is 40.3. The third-order valence-electron chi connectivity index (χ3n) is 5.15. The summed E-state index contributed by atoms with van der Waals surface area (Å²) in [6.07, 6.45) is -1.37. The van der Waals surface area contributed by atoms with Gasteiger partial charge in [-0.1, -0.05) is 25.5 Å². The van der Waals surface area contributed by atoms with Gasteiger partial charge in [0.2, 0.25) is 5.96 Å². The van der Waals surface area contributed by atoms with Crippen molar-refractivity contribution >= 4 is 23.4 Å². The van der Waals surface area contributed by atoms with Gasteiger partial charge in [-0.05, 0) is 43.2 Å². The lowest BCUT2D eigenvalue weighted by molar-refractivity contribution is -0.106. The number of rotatable bonds is 5. The number of anilines is 1. The molecule has 0 spiro atoms. The number of halogens is 3. The number of thioether (sulfide) groups is 1. The zero-order valence-electron chi connectivity index (χ0n) is 15.4. The molecule has 2 atom stereocenters. The molecule has 1 aliphatic heterocycles. The van der Waals surface area contributed by atoms with E-state index in [-0.39, 0.29) is 11.9 Å². The van der Waals surface area contributed by atoms with Crippen molar-refractivity contribution in [1.29, 1.82) is 0 Å². The number of nitrogens with one attached hydrogen (secondary N) is 2. The van der Waals surface area contributed by atoms with E-state index in [4.69, 9.17) is 5.73 Å². The molecule has 1 fully saturated rings. The minimum absolute atomic E-state index is 0.241. The molecule has 3 rings (SSSR count). The summed E-state index contributed by atoms with van der Waals surface area (Å²) in [5, 5.41) is 6.05. The fourth-order valence-electron chi connectivity index (χ4n) is 3.42. The van der Waals surface area contributed by atoms with Gasteiger partial charge in [-0.2, -0.15) is 24.9 Å². The summed E-state index contributed by atoms with van der Waals surface area (Å²) in [6, 6.07) is 7.81. The van der Waals surface area contributed by atoms with E-state index in [1.54, 1.807) is 0 Å². The third kappa shape index (κ3) is 4.27. The van der Waals surface area contributed by atoms with Crippen LogP contribution in [0.1, 0.15) is 43.9 Å². The van der Waals surface area contributed by atoms with Crippen LogP contribution in [0.5, 0.6) is 0 Å². The summed E-state index contributed by atoms with van der Waals surface area (Å²) in [5.74, 6) is 0.955. The Morgan fingerprint density at radius 2 is 2.15 bits per heavy atom. The average Bonchev–Trinajstić information content (AvgIpc) is 2.52. The Morgan fingerprint density at radius 3 is 2.74 bits per heavy atom. The van der Waals surface area contributed by atoms with Crippen molar-refractivity contribution in [2.45, 2.75) is 50.2 Å². The first kappa shape index (κ1) is 20.1. The second-order valence-electron chi connectivity index (χ2n) is 6.96. The smallest absolute Gasteiger partial charge is 0.332 e. The van der Waals surface area contributed by atoms with Crippen LogP contribution in [0.25, 0.3) is 0 Å². The van der Waals surface area contributed by atoms with E-state index >= 15 is 0 Å². The van der Waals surface area contributed by atoms with Crippen molar-refractivity contribution in [3.63, 3.8) is 0 Å². The van der Waals surface area contributed by atoms with Gasteiger partial charge in [-0.3, -0.25) is 0 Å². The van der Waals surface area contributed by atoms with E-state index < -0.39 is 17.4 Å². The SMILES string of the molecule is CCSC(C)c1cccc(NC2=NC(N)(C3CCC3)C(C(F)(F)F)=CN2)c1. The number of alkyl halides is 3. The predicted octanol–water partition coefficient (Wildman–Crippen LogP) is 4.77. The minimum atomic E-state index is -4.51. The molecule has 148 valence electrons. The molecule has 8 heteroatoms. The minimum Gasteiger partial charge on any atom is -0.332 e. The second-order valence-corrected chi connectivity index (χ2v) is 8.58. The molecule has 2 aliphatic rings. The quantitative estimate of drug-likeness (QED) is 0.668. The van der Waals surface area contributed by atoms with Crippen LogP contribution in [0.4, 0.5) is 18.9 Å². The molecule has 0 aromatic heterocycles. The largest absolute Gasteiger partial charge is 0.417 e. The number of aliphatic imine (C=N–C) groups is 1. The van der Waals surface area contributed by atoms with Crippen molar-refractivity contribution in [1.82, 2.24) is 5.32 Å². The molecule has 4 N–H and O–H groups in total. The van der Waals surface area contributed by atoms with Gasteiger partial charge in [0.25, 0.3) is 0 Å². The highest BCUT2D eigenvalue weighted by Gasteiger charge is 2.53. The molecule has 1 aliphatic carbocycles. The maximum atomic E-state index is 13.4. The lowest BCUT2D eigenvalue weighted by Gasteiger charge is -2.43. The number of benzene rings is 1. The van der Waals surface area contributed by atoms with Crippen LogP contribution >= 0.6 is 11.8 Å². The third-order valence-corrected chi connectivity index (χ3v) is 6.26. The Kier molecular flexibility index (Phi) is 5.76. The van der Waals surface area contributed by atoms with Gasteiger partial charge in [-0.25, -0.2) is 4.99 Å². The van der Waals surface area contributed by atoms with E-state index in [1.165, 1.54) is 0 Å². The molecule has 0 saturated heterocycles. The average molecular weight is 398 g/mol. The fraction of sp³-hybridized carbons (Fsp3) is 0.526. The summed E-state index contributed by atoms with van der Waals surface area (Å²) in [5.41, 5.74) is 5.55. The van der Waals surface area contributed by atoms with Crippen LogP contribution in [0.3, 0.4) is 0 Å². The summed E-state index contributed by atoms with van der Waals surface area (Å²) in [4.78, 5) is 4.27. The zero-order valence-corrected chi connectivity index (χ0v) is 16.3. The molecule has 0 amide bonds. The van der Waals surface area contributed by atoms with Crippen LogP contribution < -0.4 is 16.4 Å². The highest BCUT2D eigenvalue weighted by Crippen LogP contribution is 2.45. The molecule has 0 bridgehead atoms. The van der Waals surface area contributed by atoms with Gasteiger partial charge in [0.05, 0.1) is 5.57 Å². The van der Waals surface area contributed by atoms with E-state index in [9.17, 15) is 13.2 Å². The lowest BCUT2D eigenvalue weighted by atomic mass is 9.72. The Hall–Kier alpha value is -1.67. The zero-order chi connectivity index (χ0) is 19.7. The second kappa shape index (κ2) is 7.75. The van der Waals surface area contributed by atoms with Gasteiger partial charge in [0.15, 0.2) is 0 Å². The number of guanidine groups is 1. The highest BCUT2D eigenvalue weighted by molar-refractivity contribution is 7.99. The van der Waals surface area contributed by atoms with Crippen LogP contribution in [-0.4, -0.2) is 23.6 Å². The first-order valence-corrected chi connectivity index (χ1v) is 10.2. The molecular weight excluding hydrogens is 373 g/mol. The first-order valence-electron chi connectivity index (χ1n) is 9.15. The molecule has 2 unspecified atom stereocenters. The van der Waals surface area contributed by atoms with Crippen molar-refractivity contribution in [3.05, 3.63) is 41.6 Å². The maximum Gasteiger partial charge on any atom is 0.417 e. The standard InChI is InChI=1S/C19H25F3N4S/c1-3-27-12(2)13-6-4-9-15(10-13)25-17-24-11-16(19(20,21)22)18(23,26-17)14-7-5-8-14/h4,6,9-12,14H,3,5,7-8,23H2,1-2H3,(H2,24,25,26). The van der Waals surface area contributed by atoms with Gasteiger partial charge in [-0.15, -0.1) is 0 Å². The van der Waals surface area contributed by atoms with E-state index in [2.05, 4.69) is 29.5 Å².